The van der Waals surface area contributed by atoms with Gasteiger partial charge in [-0.15, -0.1) is 6.54 Å². The van der Waals surface area contributed by atoms with E-state index in [1.54, 1.807) is 6.92 Å². The van der Waals surface area contributed by atoms with Crippen molar-refractivity contribution in [3.05, 3.63) is 6.61 Å². The topological polar surface area (TPSA) is 59.0 Å². The molecule has 21 heavy (non-hydrogen) atoms. The van der Waals surface area contributed by atoms with E-state index < -0.39 is 0 Å². The summed E-state index contributed by atoms with van der Waals surface area (Å²) in [5.41, 5.74) is 0. The van der Waals surface area contributed by atoms with Crippen LogP contribution in [0.3, 0.4) is 0 Å². The van der Waals surface area contributed by atoms with Gasteiger partial charge in [-0.05, 0) is 45.9 Å². The van der Waals surface area contributed by atoms with Crippen molar-refractivity contribution >= 4 is 59.1 Å². The van der Waals surface area contributed by atoms with Crippen LogP contribution in [-0.2, 0) is 0 Å². The van der Waals surface area contributed by atoms with Crippen LogP contribution in [0.1, 0.15) is 19.8 Å². The van der Waals surface area contributed by atoms with E-state index in [2.05, 4.69) is 15.1 Å². The fourth-order valence-corrected chi connectivity index (χ4v) is 2.39. The van der Waals surface area contributed by atoms with E-state index in [-0.39, 0.29) is 107 Å². The Balaban J connectivity index is -0.00000108. The molecule has 0 aromatic carbocycles. The van der Waals surface area contributed by atoms with Crippen LogP contribution < -0.4 is 5.32 Å². The molecule has 0 amide bonds. The Morgan fingerprint density at radius 2 is 2.00 bits per heavy atom. The quantitative estimate of drug-likeness (QED) is 0.336. The molecule has 0 saturated carbocycles. The van der Waals surface area contributed by atoms with Gasteiger partial charge < -0.3 is 25.3 Å². The summed E-state index contributed by atoms with van der Waals surface area (Å²) in [5.74, 6) is 0. The number of hydrogen-bond donors (Lipinski definition) is 3. The normalized spacial score (nSPS) is 17.1. The molecule has 0 bridgehead atoms. The number of nitrogens with one attached hydrogen (secondary N) is 1. The van der Waals surface area contributed by atoms with Gasteiger partial charge in [0.05, 0.1) is 6.10 Å². The number of nitrogens with zero attached hydrogens (tertiary/aromatic N) is 2. The summed E-state index contributed by atoms with van der Waals surface area (Å²) in [4.78, 5) is 4.57. The molecule has 1 heterocycles. The molecule has 0 spiro atoms. The summed E-state index contributed by atoms with van der Waals surface area (Å²) in [7, 11) is 0. The minimum absolute atomic E-state index is 0. The maximum atomic E-state index is 9.38. The van der Waals surface area contributed by atoms with E-state index in [1.807, 2.05) is 0 Å². The molecule has 114 valence electrons. The Hall–Kier alpha value is 3.18. The molecule has 5 nitrogen and oxygen atoms in total. The SMILES string of the molecule is CC(O)CN(C[CH-]O)CCCN1CCCNCC1.[Ce].[Na].[Na]. The van der Waals surface area contributed by atoms with Gasteiger partial charge in [0, 0.05) is 120 Å². The standard InChI is InChI=1S/C13H28N3O2.Ce.2Na/c1-13(18)12-16(10-11-17)8-3-7-15-6-2-4-14-5-9-15;;;/h11,13-14,17-18H,2-10,12H2,1H3;;;/q-1;;;. The van der Waals surface area contributed by atoms with Gasteiger partial charge in [0.2, 0.25) is 0 Å². The average molecular weight is 444 g/mol. The molecule has 1 atom stereocenters. The maximum Gasteiger partial charge on any atom is 0.0637 e. The van der Waals surface area contributed by atoms with Gasteiger partial charge in [0.1, 0.15) is 0 Å². The van der Waals surface area contributed by atoms with Crippen molar-refractivity contribution in [2.75, 3.05) is 52.4 Å². The summed E-state index contributed by atoms with van der Waals surface area (Å²) in [6, 6.07) is 0. The Morgan fingerprint density at radius 3 is 2.62 bits per heavy atom. The van der Waals surface area contributed by atoms with Crippen molar-refractivity contribution in [1.29, 1.82) is 0 Å². The second-order valence-corrected chi connectivity index (χ2v) is 5.09. The molecule has 3 N–H and O–H groups in total. The summed E-state index contributed by atoms with van der Waals surface area (Å²) in [6.45, 7) is 10.6. The van der Waals surface area contributed by atoms with E-state index in [1.165, 1.54) is 13.0 Å². The predicted molar refractivity (Wildman–Crippen MR) is 84.4 cm³/mol. The summed E-state index contributed by atoms with van der Waals surface area (Å²) >= 11 is 0. The number of rotatable bonds is 8. The van der Waals surface area contributed by atoms with Crippen LogP contribution in [0, 0.1) is 48.4 Å². The molecule has 8 heteroatoms. The summed E-state index contributed by atoms with van der Waals surface area (Å²) < 4.78 is 0. The molecule has 1 saturated heterocycles. The van der Waals surface area contributed by atoms with Gasteiger partial charge in [-0.2, -0.15) is 0 Å². The van der Waals surface area contributed by atoms with Crippen LogP contribution in [0.15, 0.2) is 0 Å². The Kier molecular flexibility index (Phi) is 26.9. The molecule has 0 aliphatic carbocycles. The third kappa shape index (κ3) is 16.4. The summed E-state index contributed by atoms with van der Waals surface area (Å²) in [6.07, 6.45) is 1.97. The first-order valence-corrected chi connectivity index (χ1v) is 7.01. The molecular weight excluding hydrogens is 416 g/mol. The minimum Gasteiger partial charge on any atom is -0.565 e. The fourth-order valence-electron chi connectivity index (χ4n) is 2.39. The van der Waals surface area contributed by atoms with Crippen LogP contribution >= 0.6 is 0 Å². The molecule has 1 aliphatic heterocycles. The molecule has 0 aromatic heterocycles. The first-order valence-electron chi connectivity index (χ1n) is 7.01. The Labute approximate surface area is 207 Å². The smallest absolute Gasteiger partial charge is 0.0637 e. The van der Waals surface area contributed by atoms with Crippen molar-refractivity contribution < 1.29 is 52.0 Å². The second kappa shape index (κ2) is 19.5. The van der Waals surface area contributed by atoms with Gasteiger partial charge >= 0.3 is 0 Å². The van der Waals surface area contributed by atoms with Crippen LogP contribution in [0.4, 0.5) is 0 Å². The van der Waals surface area contributed by atoms with Crippen molar-refractivity contribution in [2.24, 2.45) is 0 Å². The van der Waals surface area contributed by atoms with Crippen LogP contribution in [-0.4, -0.2) is 138 Å². The van der Waals surface area contributed by atoms with Gasteiger partial charge in [-0.25, -0.2) is 6.61 Å². The molecule has 1 aliphatic rings. The van der Waals surface area contributed by atoms with E-state index >= 15 is 0 Å². The first kappa shape index (κ1) is 29.0. The summed E-state index contributed by atoms with van der Waals surface area (Å²) in [5, 5.41) is 21.6. The second-order valence-electron chi connectivity index (χ2n) is 5.09. The molecule has 0 aromatic rings. The van der Waals surface area contributed by atoms with Crippen molar-refractivity contribution in [1.82, 2.24) is 15.1 Å². The molecule has 1 unspecified atom stereocenters. The van der Waals surface area contributed by atoms with Crippen molar-refractivity contribution in [2.45, 2.75) is 25.9 Å². The molecule has 1 fully saturated rings. The molecular formula is C13H28CeN3Na2O2-. The number of aliphatic hydroxyl groups is 2. The van der Waals surface area contributed by atoms with Gasteiger partial charge in [0.15, 0.2) is 0 Å². The minimum atomic E-state index is -0.340. The van der Waals surface area contributed by atoms with Gasteiger partial charge in [-0.3, -0.25) is 0 Å². The fraction of sp³-hybridized carbons (Fsp3) is 0.923. The van der Waals surface area contributed by atoms with E-state index in [9.17, 15) is 5.11 Å². The van der Waals surface area contributed by atoms with Gasteiger partial charge in [-0.1, -0.05) is 0 Å². The zero-order valence-corrected chi connectivity index (χ0v) is 21.2. The van der Waals surface area contributed by atoms with E-state index in [0.29, 0.717) is 13.1 Å². The van der Waals surface area contributed by atoms with Crippen LogP contribution in [0.5, 0.6) is 0 Å². The van der Waals surface area contributed by atoms with E-state index in [0.717, 1.165) is 45.8 Å². The Bertz CT molecular complexity index is 210. The molecule has 2 radical (unpaired) electrons. The van der Waals surface area contributed by atoms with Gasteiger partial charge in [0.25, 0.3) is 0 Å². The van der Waals surface area contributed by atoms with Crippen LogP contribution in [0.2, 0.25) is 0 Å². The zero-order valence-electron chi connectivity index (χ0n) is 14.0. The maximum absolute atomic E-state index is 9.38. The first-order chi connectivity index (χ1) is 8.72. The zero-order chi connectivity index (χ0) is 13.2. The third-order valence-electron chi connectivity index (χ3n) is 3.24. The average Bonchev–Trinajstić information content (AvgIpc) is 2.57. The number of aliphatic hydroxyl groups excluding tert-OH is 2. The van der Waals surface area contributed by atoms with E-state index in [4.69, 9.17) is 5.11 Å². The monoisotopic (exact) mass is 444 g/mol. The Morgan fingerprint density at radius 1 is 1.29 bits per heavy atom. The third-order valence-corrected chi connectivity index (χ3v) is 3.24. The largest absolute Gasteiger partial charge is 0.565 e. The van der Waals surface area contributed by atoms with Crippen molar-refractivity contribution in [3.63, 3.8) is 0 Å². The molecule has 1 rings (SSSR count). The van der Waals surface area contributed by atoms with Crippen molar-refractivity contribution in [3.8, 4) is 0 Å². The number of hydrogen-bond acceptors (Lipinski definition) is 5. The predicted octanol–water partition coefficient (Wildman–Crippen LogP) is -0.873. The van der Waals surface area contributed by atoms with Crippen LogP contribution in [0.25, 0.3) is 0 Å².